The highest BCUT2D eigenvalue weighted by atomic mass is 32.2. The van der Waals surface area contributed by atoms with Gasteiger partial charge in [-0.15, -0.1) is 0 Å². The maximum Gasteiger partial charge on any atom is 0.262 e. The van der Waals surface area contributed by atoms with Crippen LogP contribution in [0.1, 0.15) is 25.3 Å². The molecule has 30 heavy (non-hydrogen) atoms. The quantitative estimate of drug-likeness (QED) is 0.404. The Kier molecular flexibility index (Phi) is 7.26. The molecule has 0 atom stereocenters. The molecule has 6 nitrogen and oxygen atoms in total. The minimum atomic E-state index is -0.121. The molecule has 0 fully saturated rings. The monoisotopic (exact) mass is 420 g/mol. The van der Waals surface area contributed by atoms with Crippen LogP contribution in [0.5, 0.6) is 0 Å². The number of carbonyl (C=O) groups is 1. The summed E-state index contributed by atoms with van der Waals surface area (Å²) >= 11 is 1.26. The number of thioether (sulfide) groups is 1. The lowest BCUT2D eigenvalue weighted by molar-refractivity contribution is -0.116. The normalized spacial score (nSPS) is 10.7. The van der Waals surface area contributed by atoms with Crippen molar-refractivity contribution in [2.24, 2.45) is 0 Å². The lowest BCUT2D eigenvalue weighted by Gasteiger charge is -2.22. The van der Waals surface area contributed by atoms with Crippen LogP contribution in [-0.4, -0.2) is 27.8 Å². The summed E-state index contributed by atoms with van der Waals surface area (Å²) in [6.07, 6.45) is 1.04. The van der Waals surface area contributed by atoms with E-state index in [0.717, 1.165) is 17.7 Å². The van der Waals surface area contributed by atoms with Gasteiger partial charge < -0.3 is 4.90 Å². The van der Waals surface area contributed by atoms with Crippen LogP contribution in [0.3, 0.4) is 0 Å². The first-order valence-corrected chi connectivity index (χ1v) is 10.9. The number of aryl methyl sites for hydroxylation is 1. The third-order valence-electron chi connectivity index (χ3n) is 4.69. The van der Waals surface area contributed by atoms with Gasteiger partial charge in [-0.25, -0.2) is 4.98 Å². The van der Waals surface area contributed by atoms with Crippen LogP contribution >= 0.6 is 11.8 Å². The van der Waals surface area contributed by atoms with Crippen molar-refractivity contribution in [1.82, 2.24) is 9.55 Å². The van der Waals surface area contributed by atoms with Crippen LogP contribution in [0.4, 0.5) is 5.69 Å². The summed E-state index contributed by atoms with van der Waals surface area (Å²) in [6, 6.07) is 17.0. The average Bonchev–Trinajstić information content (AvgIpc) is 2.76. The molecule has 154 valence electrons. The second-order valence-electron chi connectivity index (χ2n) is 6.95. The molecule has 0 bridgehead atoms. The van der Waals surface area contributed by atoms with Gasteiger partial charge in [-0.1, -0.05) is 48.5 Å². The number of rotatable bonds is 8. The molecule has 3 rings (SSSR count). The first kappa shape index (κ1) is 21.6. The van der Waals surface area contributed by atoms with E-state index < -0.39 is 0 Å². The number of aromatic nitrogens is 2. The molecule has 7 heteroatoms. The van der Waals surface area contributed by atoms with Crippen molar-refractivity contribution >= 4 is 34.3 Å². The number of amides is 1. The molecule has 0 aliphatic rings. The van der Waals surface area contributed by atoms with E-state index in [4.69, 9.17) is 5.26 Å². The number of nitriles is 1. The van der Waals surface area contributed by atoms with Crippen molar-refractivity contribution < 1.29 is 4.79 Å². The molecule has 0 aliphatic carbocycles. The van der Waals surface area contributed by atoms with Crippen molar-refractivity contribution in [2.45, 2.75) is 38.4 Å². The van der Waals surface area contributed by atoms with E-state index in [-0.39, 0.29) is 23.6 Å². The summed E-state index contributed by atoms with van der Waals surface area (Å²) in [4.78, 5) is 32.2. The summed E-state index contributed by atoms with van der Waals surface area (Å²) in [6.45, 7) is 4.86. The highest BCUT2D eigenvalue weighted by molar-refractivity contribution is 7.99. The Bertz CT molecular complexity index is 1130. The minimum absolute atomic E-state index is 0.0859. The van der Waals surface area contributed by atoms with Gasteiger partial charge in [-0.3, -0.25) is 14.2 Å². The molecule has 2 aromatic carbocycles. The Morgan fingerprint density at radius 3 is 2.63 bits per heavy atom. The molecule has 1 amide bonds. The van der Waals surface area contributed by atoms with E-state index in [1.54, 1.807) is 15.5 Å². The van der Waals surface area contributed by atoms with Gasteiger partial charge in [-0.2, -0.15) is 5.26 Å². The topological polar surface area (TPSA) is 79.0 Å². The Labute approximate surface area is 180 Å². The van der Waals surface area contributed by atoms with E-state index in [1.165, 1.54) is 11.8 Å². The molecule has 3 aromatic rings. The fraction of sp³-hybridized carbons (Fsp3) is 0.304. The first-order chi connectivity index (χ1) is 14.5. The standard InChI is InChI=1S/C23H24N4O2S/c1-3-14-27-22(29)19-7-4-5-8-20(19)25-23(27)30-16-21(28)26(15-6-13-24)18-11-9-17(2)10-12-18/h4-5,7-12H,3,6,14-16H2,1-2H3. The molecular formula is C23H24N4O2S. The van der Waals surface area contributed by atoms with Gasteiger partial charge in [0.1, 0.15) is 0 Å². The molecular weight excluding hydrogens is 396 g/mol. The molecule has 0 spiro atoms. The maximum absolute atomic E-state index is 13.0. The van der Waals surface area contributed by atoms with Crippen LogP contribution in [-0.2, 0) is 11.3 Å². The summed E-state index contributed by atoms with van der Waals surface area (Å²) in [5.41, 5.74) is 2.41. The van der Waals surface area contributed by atoms with E-state index in [1.807, 2.05) is 56.3 Å². The molecule has 0 aliphatic heterocycles. The number of fused-ring (bicyclic) bond motifs is 1. The minimum Gasteiger partial charge on any atom is -0.311 e. The van der Waals surface area contributed by atoms with Gasteiger partial charge in [0.25, 0.3) is 5.56 Å². The maximum atomic E-state index is 13.0. The molecule has 0 radical (unpaired) electrons. The summed E-state index contributed by atoms with van der Waals surface area (Å²) < 4.78 is 1.64. The Morgan fingerprint density at radius 1 is 1.20 bits per heavy atom. The lowest BCUT2D eigenvalue weighted by atomic mass is 10.2. The molecule has 0 saturated carbocycles. The summed E-state index contributed by atoms with van der Waals surface area (Å²) in [5.74, 6) is 0.0120. The van der Waals surface area contributed by atoms with E-state index in [0.29, 0.717) is 29.1 Å². The van der Waals surface area contributed by atoms with Crippen molar-refractivity contribution in [3.05, 3.63) is 64.4 Å². The molecule has 1 aromatic heterocycles. The number of para-hydroxylation sites is 1. The van der Waals surface area contributed by atoms with Gasteiger partial charge in [0, 0.05) is 18.8 Å². The smallest absolute Gasteiger partial charge is 0.262 e. The van der Waals surface area contributed by atoms with Gasteiger partial charge in [-0.05, 0) is 37.6 Å². The van der Waals surface area contributed by atoms with Gasteiger partial charge in [0.15, 0.2) is 5.16 Å². The number of nitrogens with zero attached hydrogens (tertiary/aromatic N) is 4. The fourth-order valence-corrected chi connectivity index (χ4v) is 4.07. The largest absolute Gasteiger partial charge is 0.311 e. The third kappa shape index (κ3) is 4.89. The zero-order chi connectivity index (χ0) is 21.5. The van der Waals surface area contributed by atoms with Crippen LogP contribution < -0.4 is 10.5 Å². The second-order valence-corrected chi connectivity index (χ2v) is 7.89. The van der Waals surface area contributed by atoms with Gasteiger partial charge in [0.2, 0.25) is 5.91 Å². The van der Waals surface area contributed by atoms with E-state index in [9.17, 15) is 9.59 Å². The highest BCUT2D eigenvalue weighted by Gasteiger charge is 2.18. The zero-order valence-electron chi connectivity index (χ0n) is 17.2. The third-order valence-corrected chi connectivity index (χ3v) is 5.65. The van der Waals surface area contributed by atoms with Crippen molar-refractivity contribution in [3.63, 3.8) is 0 Å². The lowest BCUT2D eigenvalue weighted by Crippen LogP contribution is -2.33. The molecule has 0 saturated heterocycles. The van der Waals surface area contributed by atoms with E-state index >= 15 is 0 Å². The molecule has 0 unspecified atom stereocenters. The predicted octanol–water partition coefficient (Wildman–Crippen LogP) is 4.15. The molecule has 1 heterocycles. The predicted molar refractivity (Wildman–Crippen MR) is 121 cm³/mol. The summed E-state index contributed by atoms with van der Waals surface area (Å²) in [7, 11) is 0. The van der Waals surface area contributed by atoms with Crippen molar-refractivity contribution in [2.75, 3.05) is 17.2 Å². The average molecular weight is 421 g/mol. The zero-order valence-corrected chi connectivity index (χ0v) is 18.0. The Balaban J connectivity index is 1.86. The van der Waals surface area contributed by atoms with Crippen molar-refractivity contribution in [3.8, 4) is 6.07 Å². The van der Waals surface area contributed by atoms with Crippen LogP contribution in [0.15, 0.2) is 58.5 Å². The number of benzene rings is 2. The fourth-order valence-electron chi connectivity index (χ4n) is 3.17. The van der Waals surface area contributed by atoms with Crippen LogP contribution in [0.2, 0.25) is 0 Å². The van der Waals surface area contributed by atoms with Crippen molar-refractivity contribution in [1.29, 1.82) is 5.26 Å². The summed E-state index contributed by atoms with van der Waals surface area (Å²) in [5, 5.41) is 10.1. The SMILES string of the molecule is CCCn1c(SCC(=O)N(CCC#N)c2ccc(C)cc2)nc2ccccc2c1=O. The van der Waals surface area contributed by atoms with E-state index in [2.05, 4.69) is 11.1 Å². The number of hydrogen-bond donors (Lipinski definition) is 0. The Morgan fingerprint density at radius 2 is 1.93 bits per heavy atom. The Hall–Kier alpha value is -3.11. The second kappa shape index (κ2) is 10.1. The first-order valence-electron chi connectivity index (χ1n) is 9.91. The number of carbonyl (C=O) groups excluding carboxylic acids is 1. The van der Waals surface area contributed by atoms with Gasteiger partial charge >= 0.3 is 0 Å². The highest BCUT2D eigenvalue weighted by Crippen LogP contribution is 2.21. The van der Waals surface area contributed by atoms with Crippen LogP contribution in [0, 0.1) is 18.3 Å². The molecule has 0 N–H and O–H groups in total. The van der Waals surface area contributed by atoms with Crippen LogP contribution in [0.25, 0.3) is 10.9 Å². The number of anilines is 1. The number of hydrogen-bond acceptors (Lipinski definition) is 5. The van der Waals surface area contributed by atoms with Gasteiger partial charge in [0.05, 0.1) is 29.1 Å².